The Morgan fingerprint density at radius 2 is 1.22 bits per heavy atom. The van der Waals surface area contributed by atoms with Crippen molar-refractivity contribution in [3.63, 3.8) is 0 Å². The number of hydrogen-bond donors (Lipinski definition) is 0. The van der Waals surface area contributed by atoms with E-state index in [9.17, 15) is 14.4 Å². The summed E-state index contributed by atoms with van der Waals surface area (Å²) in [6, 6.07) is 18.4. The number of rotatable bonds is 7. The van der Waals surface area contributed by atoms with Crippen LogP contribution in [-0.2, 0) is 25.4 Å². The quantitative estimate of drug-likeness (QED) is 0.252. The standard InChI is InChI=1S/C29H41NO6Si/c1-28(2,3)35-26(32)30(27(33)36-29(4,5)6)24(25(31)34-7)23(20-21-16-12-10-13-17-21)37(8,9)22-18-14-11-15-19-22/h10-19,23-24H,20H2,1-9H3/t23-,24?/m1/s1. The molecule has 202 valence electrons. The molecule has 1 unspecified atom stereocenters. The van der Waals surface area contributed by atoms with Crippen molar-refractivity contribution >= 4 is 31.4 Å². The normalized spacial score (nSPS) is 13.8. The van der Waals surface area contributed by atoms with Gasteiger partial charge in [-0.25, -0.2) is 14.4 Å². The maximum Gasteiger partial charge on any atom is 0.420 e. The minimum Gasteiger partial charge on any atom is -0.467 e. The van der Waals surface area contributed by atoms with Crippen LogP contribution in [0.2, 0.25) is 18.6 Å². The summed E-state index contributed by atoms with van der Waals surface area (Å²) < 4.78 is 16.5. The van der Waals surface area contributed by atoms with Crippen LogP contribution in [0.5, 0.6) is 0 Å². The lowest BCUT2D eigenvalue weighted by Gasteiger charge is -2.41. The molecule has 0 fully saturated rings. The van der Waals surface area contributed by atoms with E-state index in [2.05, 4.69) is 13.1 Å². The summed E-state index contributed by atoms with van der Waals surface area (Å²) in [5, 5.41) is 1.08. The highest BCUT2D eigenvalue weighted by Gasteiger charge is 2.50. The lowest BCUT2D eigenvalue weighted by atomic mass is 10.0. The van der Waals surface area contributed by atoms with E-state index in [1.54, 1.807) is 41.5 Å². The maximum atomic E-state index is 13.6. The first-order valence-electron chi connectivity index (χ1n) is 12.5. The molecular weight excluding hydrogens is 486 g/mol. The predicted molar refractivity (Wildman–Crippen MR) is 148 cm³/mol. The molecule has 0 aromatic heterocycles. The summed E-state index contributed by atoms with van der Waals surface area (Å²) in [6.45, 7) is 14.5. The Hall–Kier alpha value is -3.13. The molecule has 0 bridgehead atoms. The largest absolute Gasteiger partial charge is 0.467 e. The highest BCUT2D eigenvalue weighted by molar-refractivity contribution is 6.91. The van der Waals surface area contributed by atoms with Crippen LogP contribution >= 0.6 is 0 Å². The number of imide groups is 1. The fourth-order valence-electron chi connectivity index (χ4n) is 4.21. The van der Waals surface area contributed by atoms with Gasteiger partial charge in [0, 0.05) is 0 Å². The number of carbonyl (C=O) groups excluding carboxylic acids is 3. The second-order valence-corrected chi connectivity index (χ2v) is 16.4. The van der Waals surface area contributed by atoms with Crippen molar-refractivity contribution in [1.29, 1.82) is 0 Å². The number of carbonyl (C=O) groups is 3. The number of benzene rings is 2. The molecule has 7 nitrogen and oxygen atoms in total. The van der Waals surface area contributed by atoms with Crippen molar-refractivity contribution in [2.75, 3.05) is 7.11 Å². The maximum absolute atomic E-state index is 13.6. The number of esters is 1. The monoisotopic (exact) mass is 527 g/mol. The molecule has 0 heterocycles. The molecule has 2 aromatic carbocycles. The molecule has 2 atom stereocenters. The second-order valence-electron chi connectivity index (χ2n) is 11.7. The van der Waals surface area contributed by atoms with Gasteiger partial charge in [0.1, 0.15) is 17.2 Å². The van der Waals surface area contributed by atoms with E-state index in [4.69, 9.17) is 14.2 Å². The van der Waals surface area contributed by atoms with Gasteiger partial charge in [-0.3, -0.25) is 0 Å². The van der Waals surface area contributed by atoms with E-state index >= 15 is 0 Å². The first-order valence-corrected chi connectivity index (χ1v) is 15.6. The Morgan fingerprint density at radius 3 is 1.62 bits per heavy atom. The van der Waals surface area contributed by atoms with Gasteiger partial charge in [0.25, 0.3) is 0 Å². The van der Waals surface area contributed by atoms with Crippen molar-refractivity contribution < 1.29 is 28.6 Å². The Bertz CT molecular complexity index is 1030. The molecule has 2 amide bonds. The van der Waals surface area contributed by atoms with Crippen LogP contribution in [0.3, 0.4) is 0 Å². The van der Waals surface area contributed by atoms with E-state index in [-0.39, 0.29) is 0 Å². The van der Waals surface area contributed by atoms with Crippen LogP contribution in [0.15, 0.2) is 60.7 Å². The number of hydrogen-bond acceptors (Lipinski definition) is 6. The average Bonchev–Trinajstić information content (AvgIpc) is 2.79. The van der Waals surface area contributed by atoms with Crippen molar-refractivity contribution in [3.05, 3.63) is 66.2 Å². The van der Waals surface area contributed by atoms with E-state index in [0.717, 1.165) is 15.7 Å². The molecule has 8 heteroatoms. The molecule has 0 spiro atoms. The zero-order valence-corrected chi connectivity index (χ0v) is 24.5. The molecular formula is C29H41NO6Si. The van der Waals surface area contributed by atoms with Crippen LogP contribution in [0.4, 0.5) is 9.59 Å². The van der Waals surface area contributed by atoms with Gasteiger partial charge in [0.15, 0.2) is 0 Å². The van der Waals surface area contributed by atoms with Gasteiger partial charge in [-0.05, 0) is 59.1 Å². The van der Waals surface area contributed by atoms with E-state index in [0.29, 0.717) is 6.42 Å². The lowest BCUT2D eigenvalue weighted by molar-refractivity contribution is -0.147. The fourth-order valence-corrected chi connectivity index (χ4v) is 7.51. The summed E-state index contributed by atoms with van der Waals surface area (Å²) in [5.41, 5.74) is -1.28. The van der Waals surface area contributed by atoms with Crippen molar-refractivity contribution in [3.8, 4) is 0 Å². The third-order valence-electron chi connectivity index (χ3n) is 6.03. The number of nitrogens with zero attached hydrogens (tertiary/aromatic N) is 1. The van der Waals surface area contributed by atoms with Crippen LogP contribution in [0, 0.1) is 0 Å². The van der Waals surface area contributed by atoms with Crippen LogP contribution in [-0.4, -0.2) is 55.5 Å². The molecule has 37 heavy (non-hydrogen) atoms. The van der Waals surface area contributed by atoms with Gasteiger partial charge >= 0.3 is 18.2 Å². The van der Waals surface area contributed by atoms with E-state index < -0.39 is 49.0 Å². The molecule has 0 aliphatic carbocycles. The van der Waals surface area contributed by atoms with Crippen molar-refractivity contribution in [1.82, 2.24) is 4.90 Å². The first-order chi connectivity index (χ1) is 17.1. The number of amides is 2. The SMILES string of the molecule is COC(=O)C([C@@H](Cc1ccccc1)[Si](C)(C)c1ccccc1)N(C(=O)OC(C)(C)C)C(=O)OC(C)(C)C. The Kier molecular flexibility index (Phi) is 9.71. The summed E-state index contributed by atoms with van der Waals surface area (Å²) >= 11 is 0. The highest BCUT2D eigenvalue weighted by Crippen LogP contribution is 2.35. The predicted octanol–water partition coefficient (Wildman–Crippen LogP) is 5.93. The molecule has 0 aliphatic heterocycles. The lowest BCUT2D eigenvalue weighted by Crippen LogP contribution is -2.61. The number of methoxy groups -OCH3 is 1. The summed E-state index contributed by atoms with van der Waals surface area (Å²) in [4.78, 5) is 41.5. The Labute approximate surface area is 222 Å². The summed E-state index contributed by atoms with van der Waals surface area (Å²) in [7, 11) is -1.31. The Balaban J connectivity index is 2.77. The first kappa shape index (κ1) is 30.1. The third-order valence-corrected chi connectivity index (χ3v) is 10.2. The summed E-state index contributed by atoms with van der Waals surface area (Å²) in [5.74, 6) is -0.700. The summed E-state index contributed by atoms with van der Waals surface area (Å²) in [6.07, 6.45) is -1.46. The zero-order chi connectivity index (χ0) is 28.0. The van der Waals surface area contributed by atoms with Crippen molar-refractivity contribution in [2.45, 2.75) is 83.8 Å². The van der Waals surface area contributed by atoms with Gasteiger partial charge in [0.05, 0.1) is 15.2 Å². The topological polar surface area (TPSA) is 82.1 Å². The van der Waals surface area contributed by atoms with Crippen LogP contribution < -0.4 is 5.19 Å². The zero-order valence-electron chi connectivity index (χ0n) is 23.5. The molecule has 0 saturated heterocycles. The van der Waals surface area contributed by atoms with Gasteiger partial charge < -0.3 is 14.2 Å². The molecule has 0 saturated carbocycles. The Morgan fingerprint density at radius 1 is 0.784 bits per heavy atom. The number of ether oxygens (including phenoxy) is 3. The van der Waals surface area contributed by atoms with Crippen LogP contribution in [0.25, 0.3) is 0 Å². The highest BCUT2D eigenvalue weighted by atomic mass is 28.3. The minimum absolute atomic E-state index is 0.441. The minimum atomic E-state index is -2.56. The molecule has 2 rings (SSSR count). The van der Waals surface area contributed by atoms with Gasteiger partial charge in [-0.1, -0.05) is 78.9 Å². The van der Waals surface area contributed by atoms with E-state index in [1.807, 2.05) is 60.7 Å². The fraction of sp³-hybridized carbons (Fsp3) is 0.483. The third kappa shape index (κ3) is 8.45. The molecule has 0 N–H and O–H groups in total. The van der Waals surface area contributed by atoms with Gasteiger partial charge in [-0.15, -0.1) is 0 Å². The van der Waals surface area contributed by atoms with Crippen LogP contribution in [0.1, 0.15) is 47.1 Å². The average molecular weight is 528 g/mol. The molecule has 0 aliphatic rings. The molecule has 2 aromatic rings. The van der Waals surface area contributed by atoms with E-state index in [1.165, 1.54) is 7.11 Å². The van der Waals surface area contributed by atoms with Crippen molar-refractivity contribution in [2.24, 2.45) is 0 Å². The smallest absolute Gasteiger partial charge is 0.420 e. The second kappa shape index (κ2) is 11.9. The molecule has 0 radical (unpaired) electrons. The van der Waals surface area contributed by atoms with Gasteiger partial charge in [-0.2, -0.15) is 4.90 Å². The van der Waals surface area contributed by atoms with Gasteiger partial charge in [0.2, 0.25) is 0 Å².